The highest BCUT2D eigenvalue weighted by molar-refractivity contribution is 6.32. The molecule has 2 N–H and O–H groups in total. The second-order valence-electron chi connectivity index (χ2n) is 9.20. The molecule has 29 heavy (non-hydrogen) atoms. The van der Waals surface area contributed by atoms with Crippen molar-refractivity contribution in [2.24, 2.45) is 17.3 Å². The van der Waals surface area contributed by atoms with Crippen LogP contribution in [-0.2, 0) is 16.9 Å². The Hall–Kier alpha value is -2.34. The highest BCUT2D eigenvalue weighted by Crippen LogP contribution is 2.63. The summed E-state index contributed by atoms with van der Waals surface area (Å²) in [6.45, 7) is 0.545. The van der Waals surface area contributed by atoms with E-state index in [1.165, 1.54) is 4.68 Å². The van der Waals surface area contributed by atoms with E-state index < -0.39 is 16.9 Å². The average Bonchev–Trinajstić information content (AvgIpc) is 2.68. The van der Waals surface area contributed by atoms with Gasteiger partial charge in [0.1, 0.15) is 5.02 Å². The van der Waals surface area contributed by atoms with E-state index >= 15 is 0 Å². The molecule has 7 heteroatoms. The van der Waals surface area contributed by atoms with Crippen molar-refractivity contribution in [1.82, 2.24) is 9.78 Å². The highest BCUT2D eigenvalue weighted by Gasteiger charge is 2.62. The largest absolute Gasteiger partial charge is 0.481 e. The van der Waals surface area contributed by atoms with E-state index in [1.54, 1.807) is 6.20 Å². The number of hydrogen-bond acceptors (Lipinski definition) is 4. The molecule has 6 rings (SSSR count). The van der Waals surface area contributed by atoms with Gasteiger partial charge >= 0.3 is 5.97 Å². The third-order valence-corrected chi connectivity index (χ3v) is 7.54. The fourth-order valence-electron chi connectivity index (χ4n) is 6.40. The number of nitrogens with one attached hydrogen (secondary N) is 1. The molecule has 6 nitrogen and oxygen atoms in total. The first-order valence-electron chi connectivity index (χ1n) is 10.2. The van der Waals surface area contributed by atoms with E-state index in [0.717, 1.165) is 37.7 Å². The predicted octanol–water partition coefficient (Wildman–Crippen LogP) is 3.89. The molecule has 1 aromatic carbocycles. The van der Waals surface area contributed by atoms with Crippen LogP contribution in [-0.4, -0.2) is 20.9 Å². The van der Waals surface area contributed by atoms with Gasteiger partial charge in [-0.15, -0.1) is 0 Å². The van der Waals surface area contributed by atoms with Gasteiger partial charge in [-0.1, -0.05) is 41.9 Å². The molecular weight excluding hydrogens is 390 g/mol. The number of halogens is 1. The molecule has 4 fully saturated rings. The first kappa shape index (κ1) is 18.7. The normalized spacial score (nSPS) is 32.3. The Kier molecular flexibility index (Phi) is 4.24. The molecule has 4 aliphatic rings. The molecule has 152 valence electrons. The Morgan fingerprint density at radius 1 is 1.21 bits per heavy atom. The van der Waals surface area contributed by atoms with Gasteiger partial charge in [0.2, 0.25) is 0 Å². The van der Waals surface area contributed by atoms with Crippen LogP contribution in [0.25, 0.3) is 0 Å². The van der Waals surface area contributed by atoms with Crippen molar-refractivity contribution in [3.8, 4) is 0 Å². The molecule has 2 unspecified atom stereocenters. The van der Waals surface area contributed by atoms with Gasteiger partial charge in [0.15, 0.2) is 0 Å². The zero-order valence-corrected chi connectivity index (χ0v) is 16.9. The van der Waals surface area contributed by atoms with Crippen LogP contribution in [0.4, 0.5) is 5.69 Å². The minimum Gasteiger partial charge on any atom is -0.481 e. The van der Waals surface area contributed by atoms with Gasteiger partial charge in [0, 0.05) is 6.54 Å². The van der Waals surface area contributed by atoms with Crippen molar-refractivity contribution in [3.05, 3.63) is 57.5 Å². The maximum Gasteiger partial charge on any atom is 0.309 e. The number of anilines is 1. The minimum atomic E-state index is -0.726. The monoisotopic (exact) mass is 413 g/mol. The number of carbonyl (C=O) groups is 1. The third kappa shape index (κ3) is 2.96. The molecule has 0 saturated heterocycles. The highest BCUT2D eigenvalue weighted by atomic mass is 35.5. The number of nitrogens with zero attached hydrogens (tertiary/aromatic N) is 2. The minimum absolute atomic E-state index is 0.121. The van der Waals surface area contributed by atoms with Crippen LogP contribution in [0.2, 0.25) is 5.02 Å². The predicted molar refractivity (Wildman–Crippen MR) is 110 cm³/mol. The molecule has 1 aromatic heterocycles. The van der Waals surface area contributed by atoms with E-state index in [-0.39, 0.29) is 10.6 Å². The Labute approximate surface area is 173 Å². The third-order valence-electron chi connectivity index (χ3n) is 7.18. The molecule has 2 aromatic rings. The molecular formula is C22H24ClN3O3. The summed E-state index contributed by atoms with van der Waals surface area (Å²) in [6.07, 6.45) is 6.23. The van der Waals surface area contributed by atoms with Gasteiger partial charge in [-0.25, -0.2) is 4.68 Å². The van der Waals surface area contributed by atoms with Gasteiger partial charge in [-0.05, 0) is 55.9 Å². The van der Waals surface area contributed by atoms with Gasteiger partial charge in [0.25, 0.3) is 5.56 Å². The lowest BCUT2D eigenvalue weighted by molar-refractivity contribution is -0.173. The Morgan fingerprint density at radius 2 is 1.90 bits per heavy atom. The summed E-state index contributed by atoms with van der Waals surface area (Å²) in [5, 5.41) is 17.8. The van der Waals surface area contributed by atoms with Crippen molar-refractivity contribution in [3.63, 3.8) is 0 Å². The zero-order valence-electron chi connectivity index (χ0n) is 16.1. The first-order chi connectivity index (χ1) is 13.9. The van der Waals surface area contributed by atoms with Crippen LogP contribution >= 0.6 is 11.6 Å². The Bertz CT molecular complexity index is 1010. The molecule has 0 spiro atoms. The standard InChI is InChI=1S/C22H24ClN3O3/c23-18-17(24-11-14-4-2-1-3-5-14)12-25-26(19(18)27)22-9-15-6-16(10-22)8-21(7-15,13-22)20(28)29/h1-5,12,15-16,24H,6-11,13H2,(H,28,29)/t15-,16+,21?,22?. The van der Waals surface area contributed by atoms with Gasteiger partial charge in [0.05, 0.1) is 22.8 Å². The second-order valence-corrected chi connectivity index (χ2v) is 9.58. The first-order valence-corrected chi connectivity index (χ1v) is 10.6. The lowest BCUT2D eigenvalue weighted by atomic mass is 9.47. The number of carboxylic acids is 1. The second kappa shape index (κ2) is 6.59. The average molecular weight is 414 g/mol. The maximum atomic E-state index is 13.2. The maximum absolute atomic E-state index is 13.2. The summed E-state index contributed by atoms with van der Waals surface area (Å²) in [5.74, 6) is -0.0392. The Morgan fingerprint density at radius 3 is 2.55 bits per heavy atom. The van der Waals surface area contributed by atoms with Crippen molar-refractivity contribution in [2.75, 3.05) is 5.32 Å². The van der Waals surface area contributed by atoms with E-state index in [1.807, 2.05) is 30.3 Å². The quantitative estimate of drug-likeness (QED) is 0.776. The summed E-state index contributed by atoms with van der Waals surface area (Å²) in [7, 11) is 0. The summed E-state index contributed by atoms with van der Waals surface area (Å²) < 4.78 is 1.51. The zero-order chi connectivity index (χ0) is 20.2. The Balaban J connectivity index is 1.47. The number of aliphatic carboxylic acids is 1. The van der Waals surface area contributed by atoms with E-state index in [4.69, 9.17) is 11.6 Å². The van der Waals surface area contributed by atoms with Gasteiger partial charge in [-0.3, -0.25) is 9.59 Å². The van der Waals surface area contributed by atoms with E-state index in [0.29, 0.717) is 30.5 Å². The van der Waals surface area contributed by atoms with E-state index in [2.05, 4.69) is 10.4 Å². The number of hydrogen-bond donors (Lipinski definition) is 2. The van der Waals surface area contributed by atoms with Crippen molar-refractivity contribution >= 4 is 23.3 Å². The summed E-state index contributed by atoms with van der Waals surface area (Å²) in [4.78, 5) is 25.3. The molecule has 4 bridgehead atoms. The number of aromatic nitrogens is 2. The van der Waals surface area contributed by atoms with Crippen LogP contribution in [0.5, 0.6) is 0 Å². The SMILES string of the molecule is O=C(O)C12C[C@H]3C[C@@H](C1)CC(n1ncc(NCc4ccccc4)c(Cl)c1=O)(C3)C2. The van der Waals surface area contributed by atoms with Crippen LogP contribution in [0.1, 0.15) is 44.1 Å². The fraction of sp³-hybridized carbons (Fsp3) is 0.500. The molecule has 0 aliphatic heterocycles. The van der Waals surface area contributed by atoms with Crippen molar-refractivity contribution < 1.29 is 9.90 Å². The summed E-state index contributed by atoms with van der Waals surface area (Å²) >= 11 is 6.45. The van der Waals surface area contributed by atoms with Gasteiger partial charge in [-0.2, -0.15) is 5.10 Å². The van der Waals surface area contributed by atoms with Crippen LogP contribution in [0.3, 0.4) is 0 Å². The topological polar surface area (TPSA) is 84.2 Å². The molecule has 4 atom stereocenters. The summed E-state index contributed by atoms with van der Waals surface area (Å²) in [5.41, 5.74) is 0.0159. The molecule has 1 heterocycles. The smallest absolute Gasteiger partial charge is 0.309 e. The van der Waals surface area contributed by atoms with E-state index in [9.17, 15) is 14.7 Å². The molecule has 4 aliphatic carbocycles. The number of rotatable bonds is 5. The number of carboxylic acid groups (broad SMARTS) is 1. The molecule has 0 radical (unpaired) electrons. The van der Waals surface area contributed by atoms with Crippen LogP contribution in [0.15, 0.2) is 41.3 Å². The molecule has 0 amide bonds. The lowest BCUT2D eigenvalue weighted by Crippen LogP contribution is -2.61. The fourth-order valence-corrected chi connectivity index (χ4v) is 6.59. The van der Waals surface area contributed by atoms with Crippen LogP contribution in [0, 0.1) is 17.3 Å². The summed E-state index contributed by atoms with van der Waals surface area (Å²) in [6, 6.07) is 9.86. The number of benzene rings is 1. The van der Waals surface area contributed by atoms with Crippen molar-refractivity contribution in [2.45, 2.75) is 50.6 Å². The lowest BCUT2D eigenvalue weighted by Gasteiger charge is -2.60. The van der Waals surface area contributed by atoms with Gasteiger partial charge < -0.3 is 10.4 Å². The van der Waals surface area contributed by atoms with Crippen LogP contribution < -0.4 is 10.9 Å². The van der Waals surface area contributed by atoms with Crippen molar-refractivity contribution in [1.29, 1.82) is 0 Å². The molecule has 4 saturated carbocycles.